The molecule has 0 bridgehead atoms. The molecule has 0 aliphatic rings. The van der Waals surface area contributed by atoms with Crippen molar-refractivity contribution in [1.29, 1.82) is 0 Å². The minimum absolute atomic E-state index is 0.315. The van der Waals surface area contributed by atoms with Crippen molar-refractivity contribution in [3.63, 3.8) is 0 Å². The highest BCUT2D eigenvalue weighted by atomic mass is 28.3. The summed E-state index contributed by atoms with van der Waals surface area (Å²) in [5, 5.41) is 10.0. The summed E-state index contributed by atoms with van der Waals surface area (Å²) < 4.78 is 5.37. The Labute approximate surface area is 111 Å². The summed E-state index contributed by atoms with van der Waals surface area (Å²) in [7, 11) is 0.304. The molecule has 1 aromatic rings. The Bertz CT molecular complexity index is 502. The monoisotopic (exact) mass is 262 g/mol. The molecule has 0 aliphatic heterocycles. The molecule has 0 atom stereocenters. The molecule has 0 amide bonds. The van der Waals surface area contributed by atoms with Gasteiger partial charge in [0.2, 0.25) is 0 Å². The third-order valence-electron chi connectivity index (χ3n) is 2.75. The predicted octanol–water partition coefficient (Wildman–Crippen LogP) is 3.44. The number of phenolic OH excluding ortho intramolecular Hbond substituents is 1. The van der Waals surface area contributed by atoms with Crippen LogP contribution in [-0.4, -0.2) is 20.3 Å². The van der Waals surface area contributed by atoms with Crippen molar-refractivity contribution in [3.05, 3.63) is 22.8 Å². The van der Waals surface area contributed by atoms with Crippen molar-refractivity contribution < 1.29 is 9.84 Å². The highest BCUT2D eigenvalue weighted by Crippen LogP contribution is 2.32. The van der Waals surface area contributed by atoms with Crippen LogP contribution < -0.4 is 4.74 Å². The van der Waals surface area contributed by atoms with Crippen molar-refractivity contribution in [1.82, 2.24) is 0 Å². The molecule has 1 N–H and O–H groups in total. The Hall–Kier alpha value is -1.40. The van der Waals surface area contributed by atoms with Crippen LogP contribution in [0.3, 0.4) is 0 Å². The lowest BCUT2D eigenvalue weighted by atomic mass is 10.0. The second kappa shape index (κ2) is 5.49. The van der Waals surface area contributed by atoms with E-state index in [0.29, 0.717) is 12.2 Å². The highest BCUT2D eigenvalue weighted by molar-refractivity contribution is 6.83. The van der Waals surface area contributed by atoms with Crippen LogP contribution >= 0.6 is 0 Å². The molecule has 0 unspecified atom stereocenters. The second-order valence-electron chi connectivity index (χ2n) is 5.58. The van der Waals surface area contributed by atoms with Crippen molar-refractivity contribution in [2.24, 2.45) is 0 Å². The first-order valence-electron chi connectivity index (χ1n) is 6.12. The summed E-state index contributed by atoms with van der Waals surface area (Å²) in [4.78, 5) is 0. The van der Waals surface area contributed by atoms with Crippen molar-refractivity contribution in [2.75, 3.05) is 7.11 Å². The van der Waals surface area contributed by atoms with Gasteiger partial charge in [0.25, 0.3) is 0 Å². The number of hydrogen-bond donors (Lipinski definition) is 1. The summed E-state index contributed by atoms with van der Waals surface area (Å²) >= 11 is 0. The standard InChI is InChI=1S/C15H22O2Si/c1-11-10-14(16)13(12(2)15(11)17-3)8-7-9-18(4,5)6/h10,16H,8H2,1-6H3. The second-order valence-corrected chi connectivity index (χ2v) is 10.3. The predicted molar refractivity (Wildman–Crippen MR) is 79.0 cm³/mol. The van der Waals surface area contributed by atoms with Gasteiger partial charge < -0.3 is 9.84 Å². The molecule has 2 nitrogen and oxygen atoms in total. The number of hydrogen-bond acceptors (Lipinski definition) is 2. The fourth-order valence-electron chi connectivity index (χ4n) is 1.92. The maximum Gasteiger partial charge on any atom is 0.129 e. The lowest BCUT2D eigenvalue weighted by Gasteiger charge is -2.13. The zero-order valence-electron chi connectivity index (χ0n) is 12.1. The number of benzene rings is 1. The largest absolute Gasteiger partial charge is 0.508 e. The molecule has 0 aliphatic carbocycles. The molecule has 0 aromatic heterocycles. The van der Waals surface area contributed by atoms with Gasteiger partial charge in [-0.25, -0.2) is 0 Å². The van der Waals surface area contributed by atoms with Crippen molar-refractivity contribution in [2.45, 2.75) is 39.9 Å². The van der Waals surface area contributed by atoms with Crippen molar-refractivity contribution in [3.8, 4) is 23.0 Å². The summed E-state index contributed by atoms with van der Waals surface area (Å²) in [5.74, 6) is 4.35. The number of methoxy groups -OCH3 is 1. The maximum absolute atomic E-state index is 10.0. The van der Waals surface area contributed by atoms with Gasteiger partial charge in [0.1, 0.15) is 19.6 Å². The van der Waals surface area contributed by atoms with Gasteiger partial charge in [-0.15, -0.1) is 11.5 Å². The molecule has 0 saturated heterocycles. The van der Waals surface area contributed by atoms with E-state index in [1.807, 2.05) is 13.8 Å². The van der Waals surface area contributed by atoms with E-state index in [0.717, 1.165) is 22.4 Å². The number of ether oxygens (including phenoxy) is 1. The lowest BCUT2D eigenvalue weighted by Crippen LogP contribution is -2.16. The average Bonchev–Trinajstić information content (AvgIpc) is 2.21. The van der Waals surface area contributed by atoms with E-state index in [-0.39, 0.29) is 0 Å². The van der Waals surface area contributed by atoms with Gasteiger partial charge >= 0.3 is 0 Å². The molecule has 1 rings (SSSR count). The Morgan fingerprint density at radius 3 is 2.39 bits per heavy atom. The van der Waals surface area contributed by atoms with Crippen LogP contribution in [0.15, 0.2) is 6.07 Å². The third kappa shape index (κ3) is 3.54. The topological polar surface area (TPSA) is 29.5 Å². The minimum atomic E-state index is -1.35. The lowest BCUT2D eigenvalue weighted by molar-refractivity contribution is 0.404. The molecule has 1 aromatic carbocycles. The molecule has 0 fully saturated rings. The number of phenols is 1. The van der Waals surface area contributed by atoms with Crippen LogP contribution in [-0.2, 0) is 6.42 Å². The molecule has 98 valence electrons. The van der Waals surface area contributed by atoms with Gasteiger partial charge in [-0.05, 0) is 31.0 Å². The van der Waals surface area contributed by atoms with Gasteiger partial charge in [-0.1, -0.05) is 19.6 Å². The van der Waals surface area contributed by atoms with Crippen molar-refractivity contribution >= 4 is 8.07 Å². The first-order valence-corrected chi connectivity index (χ1v) is 9.62. The summed E-state index contributed by atoms with van der Waals surface area (Å²) in [6.45, 7) is 10.5. The van der Waals surface area contributed by atoms with Gasteiger partial charge in [0, 0.05) is 12.0 Å². The smallest absolute Gasteiger partial charge is 0.129 e. The van der Waals surface area contributed by atoms with E-state index in [1.54, 1.807) is 13.2 Å². The minimum Gasteiger partial charge on any atom is -0.508 e. The average molecular weight is 262 g/mol. The Morgan fingerprint density at radius 1 is 1.28 bits per heavy atom. The number of rotatable bonds is 2. The van der Waals surface area contributed by atoms with E-state index >= 15 is 0 Å². The number of aryl methyl sites for hydroxylation is 1. The molecular weight excluding hydrogens is 240 g/mol. The van der Waals surface area contributed by atoms with E-state index in [9.17, 15) is 5.11 Å². The normalized spacial score (nSPS) is 10.8. The van der Waals surface area contributed by atoms with E-state index < -0.39 is 8.07 Å². The fraction of sp³-hybridized carbons (Fsp3) is 0.467. The van der Waals surface area contributed by atoms with Crippen LogP contribution in [0.25, 0.3) is 0 Å². The van der Waals surface area contributed by atoms with Crippen LogP contribution in [0.5, 0.6) is 11.5 Å². The Kier molecular flexibility index (Phi) is 4.47. The SMILES string of the molecule is COc1c(C)cc(O)c(CC#C[Si](C)(C)C)c1C. The molecule has 0 saturated carbocycles. The first-order chi connectivity index (χ1) is 8.26. The van der Waals surface area contributed by atoms with Gasteiger partial charge in [0.15, 0.2) is 0 Å². The summed E-state index contributed by atoms with van der Waals surface area (Å²) in [5.41, 5.74) is 6.13. The van der Waals surface area contributed by atoms with Gasteiger partial charge in [-0.2, -0.15) is 0 Å². The van der Waals surface area contributed by atoms with Crippen LogP contribution in [0.2, 0.25) is 19.6 Å². The van der Waals surface area contributed by atoms with E-state index in [2.05, 4.69) is 31.1 Å². The Morgan fingerprint density at radius 2 is 1.89 bits per heavy atom. The Balaban J connectivity index is 3.13. The zero-order valence-corrected chi connectivity index (χ0v) is 13.1. The summed E-state index contributed by atoms with van der Waals surface area (Å²) in [6.07, 6.45) is 0.582. The molecular formula is C15H22O2Si. The molecule has 3 heteroatoms. The van der Waals surface area contributed by atoms with Crippen LogP contribution in [0, 0.1) is 25.3 Å². The van der Waals surface area contributed by atoms with Crippen LogP contribution in [0.1, 0.15) is 16.7 Å². The summed E-state index contributed by atoms with van der Waals surface area (Å²) in [6, 6.07) is 1.75. The highest BCUT2D eigenvalue weighted by Gasteiger charge is 2.13. The number of aromatic hydroxyl groups is 1. The molecule has 0 spiro atoms. The van der Waals surface area contributed by atoms with Gasteiger partial charge in [-0.3, -0.25) is 0 Å². The quantitative estimate of drug-likeness (QED) is 0.653. The van der Waals surface area contributed by atoms with Gasteiger partial charge in [0.05, 0.1) is 7.11 Å². The molecule has 0 heterocycles. The molecule has 0 radical (unpaired) electrons. The fourth-order valence-corrected chi connectivity index (χ4v) is 2.54. The molecule has 18 heavy (non-hydrogen) atoms. The van der Waals surface area contributed by atoms with E-state index in [1.165, 1.54) is 0 Å². The first kappa shape index (κ1) is 14.7. The zero-order chi connectivity index (χ0) is 13.9. The van der Waals surface area contributed by atoms with E-state index in [4.69, 9.17) is 4.74 Å². The third-order valence-corrected chi connectivity index (χ3v) is 3.67. The van der Waals surface area contributed by atoms with Crippen LogP contribution in [0.4, 0.5) is 0 Å². The maximum atomic E-state index is 10.0.